The van der Waals surface area contributed by atoms with Crippen LogP contribution in [0.5, 0.6) is 0 Å². The average Bonchev–Trinajstić information content (AvgIpc) is 3.02. The summed E-state index contributed by atoms with van der Waals surface area (Å²) in [6.45, 7) is 11.2. The molecule has 0 heterocycles. The van der Waals surface area contributed by atoms with Gasteiger partial charge in [0.2, 0.25) is 0 Å². The number of fused-ring (bicyclic) bond motifs is 5. The third-order valence-electron chi connectivity index (χ3n) is 10.0. The van der Waals surface area contributed by atoms with Gasteiger partial charge in [0, 0.05) is 18.8 Å². The van der Waals surface area contributed by atoms with E-state index in [2.05, 4.69) is 27.7 Å². The zero-order chi connectivity index (χ0) is 21.7. The van der Waals surface area contributed by atoms with E-state index < -0.39 is 0 Å². The van der Waals surface area contributed by atoms with E-state index in [4.69, 9.17) is 4.74 Å². The number of esters is 1. The fraction of sp³-hybridized carbons (Fsp3) is 0.852. The number of carbonyl (C=O) groups excluding carboxylic acids is 2. The molecular formula is C27H42O3. The second-order valence-corrected chi connectivity index (χ2v) is 11.6. The highest BCUT2D eigenvalue weighted by atomic mass is 16.5. The fourth-order valence-electron chi connectivity index (χ4n) is 8.28. The number of allylic oxidation sites excluding steroid dienone is 1. The molecule has 3 heteroatoms. The molecule has 0 aromatic heterocycles. The normalized spacial score (nSPS) is 43.8. The molecule has 0 aliphatic heterocycles. The van der Waals surface area contributed by atoms with E-state index in [-0.39, 0.29) is 22.9 Å². The number of carbonyl (C=O) groups is 2. The number of hydrogen-bond donors (Lipinski definition) is 0. The molecule has 3 fully saturated rings. The first-order chi connectivity index (χ1) is 14.2. The number of ketones is 1. The molecule has 30 heavy (non-hydrogen) atoms. The van der Waals surface area contributed by atoms with Gasteiger partial charge in [0.25, 0.3) is 0 Å². The molecule has 4 aliphatic carbocycles. The van der Waals surface area contributed by atoms with Crippen molar-refractivity contribution in [2.45, 2.75) is 105 Å². The van der Waals surface area contributed by atoms with Crippen molar-refractivity contribution >= 4 is 11.8 Å². The maximum atomic E-state index is 12.3. The molecule has 0 aromatic carbocycles. The number of rotatable bonds is 5. The van der Waals surface area contributed by atoms with E-state index in [9.17, 15) is 9.59 Å². The number of unbranched alkanes of at least 4 members (excludes halogenated alkanes) is 1. The highest BCUT2D eigenvalue weighted by Crippen LogP contribution is 2.68. The smallest absolute Gasteiger partial charge is 0.302 e. The monoisotopic (exact) mass is 414 g/mol. The molecule has 0 amide bonds. The van der Waals surface area contributed by atoms with E-state index >= 15 is 0 Å². The Kier molecular flexibility index (Phi) is 5.96. The van der Waals surface area contributed by atoms with Crippen LogP contribution in [0.15, 0.2) is 11.6 Å². The topological polar surface area (TPSA) is 43.4 Å². The van der Waals surface area contributed by atoms with E-state index in [0.717, 1.165) is 32.1 Å². The summed E-state index contributed by atoms with van der Waals surface area (Å²) in [7, 11) is 0. The second kappa shape index (κ2) is 8.10. The summed E-state index contributed by atoms with van der Waals surface area (Å²) >= 11 is 0. The van der Waals surface area contributed by atoms with Gasteiger partial charge in [-0.05, 0) is 79.6 Å². The lowest BCUT2D eigenvalue weighted by molar-refractivity contribution is -0.159. The predicted molar refractivity (Wildman–Crippen MR) is 120 cm³/mol. The van der Waals surface area contributed by atoms with Crippen LogP contribution in [0.25, 0.3) is 0 Å². The van der Waals surface area contributed by atoms with Gasteiger partial charge in [-0.1, -0.05) is 52.5 Å². The van der Waals surface area contributed by atoms with Crippen LogP contribution in [0.1, 0.15) is 98.8 Å². The molecule has 0 aromatic rings. The van der Waals surface area contributed by atoms with E-state index in [0.29, 0.717) is 35.4 Å². The molecule has 8 atom stereocenters. The van der Waals surface area contributed by atoms with Crippen molar-refractivity contribution in [2.24, 2.45) is 40.4 Å². The van der Waals surface area contributed by atoms with Crippen molar-refractivity contribution in [2.75, 3.05) is 0 Å². The first-order valence-corrected chi connectivity index (χ1v) is 12.6. The van der Waals surface area contributed by atoms with Crippen molar-refractivity contribution in [3.8, 4) is 0 Å². The molecule has 0 N–H and O–H groups in total. The fourth-order valence-corrected chi connectivity index (χ4v) is 8.28. The average molecular weight is 415 g/mol. The molecular weight excluding hydrogens is 372 g/mol. The van der Waals surface area contributed by atoms with Gasteiger partial charge in [-0.25, -0.2) is 0 Å². The largest absolute Gasteiger partial charge is 0.462 e. The van der Waals surface area contributed by atoms with Crippen molar-refractivity contribution in [1.82, 2.24) is 0 Å². The van der Waals surface area contributed by atoms with Crippen LogP contribution in [0.4, 0.5) is 0 Å². The van der Waals surface area contributed by atoms with Gasteiger partial charge in [0.1, 0.15) is 6.10 Å². The Labute approximate surface area is 183 Å². The highest BCUT2D eigenvalue weighted by Gasteiger charge is 2.62. The Morgan fingerprint density at radius 3 is 2.67 bits per heavy atom. The minimum Gasteiger partial charge on any atom is -0.462 e. The minimum absolute atomic E-state index is 0.0882. The zero-order valence-electron chi connectivity index (χ0n) is 19.8. The molecule has 4 aliphatic rings. The molecule has 3 saturated carbocycles. The Hall–Kier alpha value is -1.12. The summed E-state index contributed by atoms with van der Waals surface area (Å²) in [5, 5.41) is 0. The van der Waals surface area contributed by atoms with E-state index in [1.807, 2.05) is 6.08 Å². The molecule has 4 rings (SSSR count). The first kappa shape index (κ1) is 22.1. The third-order valence-corrected chi connectivity index (χ3v) is 10.0. The first-order valence-electron chi connectivity index (χ1n) is 12.6. The van der Waals surface area contributed by atoms with Gasteiger partial charge < -0.3 is 4.74 Å². The highest BCUT2D eigenvalue weighted by molar-refractivity contribution is 5.91. The Balaban J connectivity index is 1.70. The quantitative estimate of drug-likeness (QED) is 0.482. The Bertz CT molecular complexity index is 724. The van der Waals surface area contributed by atoms with Gasteiger partial charge in [-0.2, -0.15) is 0 Å². The molecule has 0 bridgehead atoms. The van der Waals surface area contributed by atoms with Crippen LogP contribution in [0.2, 0.25) is 0 Å². The Morgan fingerprint density at radius 2 is 1.97 bits per heavy atom. The van der Waals surface area contributed by atoms with Crippen LogP contribution in [0.3, 0.4) is 0 Å². The van der Waals surface area contributed by atoms with Gasteiger partial charge in [-0.3, -0.25) is 9.59 Å². The standard InChI is InChI=1S/C27H42O3/c1-6-7-8-17(2)21-16-19-15-20(29)11-13-26(19,4)23-12-14-27(5)22(25(21)23)9-10-24(27)30-18(3)28/h15,17,21-25H,6-14,16H2,1-5H3. The zero-order valence-corrected chi connectivity index (χ0v) is 19.8. The van der Waals surface area contributed by atoms with Crippen LogP contribution in [-0.2, 0) is 14.3 Å². The van der Waals surface area contributed by atoms with Crippen molar-refractivity contribution in [1.29, 1.82) is 0 Å². The predicted octanol–water partition coefficient (Wildman–Crippen LogP) is 6.50. The van der Waals surface area contributed by atoms with Crippen LogP contribution < -0.4 is 0 Å². The van der Waals surface area contributed by atoms with Gasteiger partial charge in [-0.15, -0.1) is 0 Å². The maximum absolute atomic E-state index is 12.3. The van der Waals surface area contributed by atoms with Gasteiger partial charge >= 0.3 is 5.97 Å². The summed E-state index contributed by atoms with van der Waals surface area (Å²) < 4.78 is 5.87. The molecule has 0 spiro atoms. The second-order valence-electron chi connectivity index (χ2n) is 11.6. The molecule has 0 radical (unpaired) electrons. The summed E-state index contributed by atoms with van der Waals surface area (Å²) in [4.78, 5) is 24.1. The minimum atomic E-state index is -0.122. The van der Waals surface area contributed by atoms with Crippen molar-refractivity contribution in [3.05, 3.63) is 11.6 Å². The van der Waals surface area contributed by atoms with Gasteiger partial charge in [0.15, 0.2) is 5.78 Å². The summed E-state index contributed by atoms with van der Waals surface area (Å²) in [5.74, 6) is 3.59. The van der Waals surface area contributed by atoms with Gasteiger partial charge in [0.05, 0.1) is 0 Å². The Morgan fingerprint density at radius 1 is 1.20 bits per heavy atom. The lowest BCUT2D eigenvalue weighted by Crippen LogP contribution is -2.55. The summed E-state index contributed by atoms with van der Waals surface area (Å²) in [6, 6.07) is 0. The van der Waals surface area contributed by atoms with Crippen molar-refractivity contribution in [3.63, 3.8) is 0 Å². The number of ether oxygens (including phenoxy) is 1. The molecule has 3 nitrogen and oxygen atoms in total. The molecule has 168 valence electrons. The van der Waals surface area contributed by atoms with Crippen LogP contribution >= 0.6 is 0 Å². The summed E-state index contributed by atoms with van der Waals surface area (Å²) in [5.41, 5.74) is 1.78. The SMILES string of the molecule is CCCCC(C)C1CC2=CC(=O)CCC2(C)C2CCC3(C)C(OC(C)=O)CCC3C12. The number of hydrogen-bond acceptors (Lipinski definition) is 3. The lowest BCUT2D eigenvalue weighted by atomic mass is 9.43. The van der Waals surface area contributed by atoms with E-state index in [1.165, 1.54) is 37.7 Å². The van der Waals surface area contributed by atoms with E-state index in [1.54, 1.807) is 6.92 Å². The molecule has 8 unspecified atom stereocenters. The van der Waals surface area contributed by atoms with Crippen LogP contribution in [-0.4, -0.2) is 17.9 Å². The maximum Gasteiger partial charge on any atom is 0.302 e. The molecule has 0 saturated heterocycles. The van der Waals surface area contributed by atoms with Crippen molar-refractivity contribution < 1.29 is 14.3 Å². The third kappa shape index (κ3) is 3.48. The van der Waals surface area contributed by atoms with Crippen LogP contribution in [0, 0.1) is 40.4 Å². The summed E-state index contributed by atoms with van der Waals surface area (Å²) in [6.07, 6.45) is 13.4. The lowest BCUT2D eigenvalue weighted by Gasteiger charge is -2.61.